The van der Waals surface area contributed by atoms with Crippen molar-refractivity contribution in [2.45, 2.75) is 18.4 Å². The normalized spacial score (nSPS) is 21.8. The van der Waals surface area contributed by atoms with E-state index in [1.807, 2.05) is 0 Å². The summed E-state index contributed by atoms with van der Waals surface area (Å²) < 4.78 is 54.9. The van der Waals surface area contributed by atoms with Gasteiger partial charge in [0, 0.05) is 32.6 Å². The Morgan fingerprint density at radius 2 is 1.76 bits per heavy atom. The molecule has 0 unspecified atom stereocenters. The summed E-state index contributed by atoms with van der Waals surface area (Å²) in [6.45, 7) is -0.0169. The average Bonchev–Trinajstić information content (AvgIpc) is 3.23. The van der Waals surface area contributed by atoms with Gasteiger partial charge in [0.1, 0.15) is 11.5 Å². The lowest BCUT2D eigenvalue weighted by atomic mass is 10.1. The van der Waals surface area contributed by atoms with Crippen molar-refractivity contribution in [3.8, 4) is 0 Å². The van der Waals surface area contributed by atoms with Crippen LogP contribution in [0.1, 0.15) is 16.9 Å². The molecule has 2 aromatic rings. The zero-order valence-electron chi connectivity index (χ0n) is 15.1. The number of hydrogen-bond acceptors (Lipinski definition) is 3. The number of halogens is 5. The van der Waals surface area contributed by atoms with Crippen molar-refractivity contribution >= 4 is 34.3 Å². The molecule has 0 aliphatic carbocycles. The number of fused-ring (bicyclic) bond motifs is 1. The minimum atomic E-state index is -2.91. The number of H-pyrrole nitrogens is 1. The van der Waals surface area contributed by atoms with Gasteiger partial charge in [-0.3, -0.25) is 14.9 Å². The van der Waals surface area contributed by atoms with Crippen molar-refractivity contribution in [2.24, 2.45) is 0 Å². The Morgan fingerprint density at radius 3 is 2.38 bits per heavy atom. The van der Waals surface area contributed by atoms with Gasteiger partial charge in [-0.2, -0.15) is 0 Å². The maximum Gasteiger partial charge on any atom is 0.273 e. The molecule has 1 atom stereocenters. The van der Waals surface area contributed by atoms with Crippen LogP contribution in [0.2, 0.25) is 5.02 Å². The Labute approximate surface area is 167 Å². The number of rotatable bonds is 2. The van der Waals surface area contributed by atoms with Crippen molar-refractivity contribution in [3.63, 3.8) is 0 Å². The number of nitrogens with zero attached hydrogens (tertiary/aromatic N) is 2. The summed E-state index contributed by atoms with van der Waals surface area (Å²) in [6, 6.07) is 1.41. The monoisotopic (exact) mass is 432 g/mol. The second-order valence-corrected chi connectivity index (χ2v) is 7.59. The van der Waals surface area contributed by atoms with E-state index in [1.165, 1.54) is 15.9 Å². The Hall–Kier alpha value is -2.33. The van der Waals surface area contributed by atoms with Crippen LogP contribution in [-0.4, -0.2) is 71.3 Å². The number of piperazine rings is 1. The Balaban J connectivity index is 1.45. The van der Waals surface area contributed by atoms with E-state index in [2.05, 4.69) is 10.3 Å². The third-order valence-corrected chi connectivity index (χ3v) is 5.66. The number of alkyl halides is 2. The summed E-state index contributed by atoms with van der Waals surface area (Å²) in [5.41, 5.74) is -0.149. The number of amides is 2. The van der Waals surface area contributed by atoms with E-state index in [1.54, 1.807) is 0 Å². The molecule has 0 saturated carbocycles. The van der Waals surface area contributed by atoms with Crippen LogP contribution in [0.4, 0.5) is 17.6 Å². The quantitative estimate of drug-likeness (QED) is 0.716. The van der Waals surface area contributed by atoms with E-state index in [9.17, 15) is 27.2 Å². The number of benzene rings is 1. The van der Waals surface area contributed by atoms with Crippen LogP contribution in [-0.2, 0) is 4.79 Å². The van der Waals surface area contributed by atoms with E-state index in [0.29, 0.717) is 0 Å². The van der Waals surface area contributed by atoms with Gasteiger partial charge in [0.15, 0.2) is 5.82 Å². The van der Waals surface area contributed by atoms with Gasteiger partial charge >= 0.3 is 0 Å². The molecule has 2 aliphatic rings. The van der Waals surface area contributed by atoms with Gasteiger partial charge in [-0.05, 0) is 12.1 Å². The first-order chi connectivity index (χ1) is 13.7. The second kappa shape index (κ2) is 7.17. The summed E-state index contributed by atoms with van der Waals surface area (Å²) in [7, 11) is 0. The molecule has 0 bridgehead atoms. The summed E-state index contributed by atoms with van der Waals surface area (Å²) >= 11 is 5.81. The van der Waals surface area contributed by atoms with Gasteiger partial charge in [0.25, 0.3) is 11.8 Å². The third-order valence-electron chi connectivity index (χ3n) is 5.29. The summed E-state index contributed by atoms with van der Waals surface area (Å²) in [5, 5.41) is 1.91. The van der Waals surface area contributed by atoms with Gasteiger partial charge in [-0.15, -0.1) is 0 Å². The largest absolute Gasteiger partial charge is 0.348 e. The van der Waals surface area contributed by atoms with E-state index in [-0.39, 0.29) is 42.8 Å². The molecule has 1 aromatic carbocycles. The predicted octanol–water partition coefficient (Wildman–Crippen LogP) is 2.38. The van der Waals surface area contributed by atoms with Crippen LogP contribution in [0.25, 0.3) is 10.9 Å². The standard InChI is InChI=1S/C18H17ClF4N4O2/c19-13-9(20)1-2-10-12(13)14(21)15(25-10)17(29)27-5-3-26(4-6-27)16(28)11-7-18(22,23)8-24-11/h1-2,11,24-25H,3-8H2/t11-/m1/s1. The fourth-order valence-electron chi connectivity index (χ4n) is 3.73. The first-order valence-electron chi connectivity index (χ1n) is 9.02. The van der Waals surface area contributed by atoms with Crippen LogP contribution in [0, 0.1) is 11.6 Å². The van der Waals surface area contributed by atoms with Crippen LogP contribution in [0.3, 0.4) is 0 Å². The van der Waals surface area contributed by atoms with Crippen LogP contribution in [0.15, 0.2) is 12.1 Å². The molecule has 4 rings (SSSR count). The first kappa shape index (κ1) is 20.0. The molecular formula is C18H17ClF4N4O2. The number of hydrogen-bond donors (Lipinski definition) is 2. The van der Waals surface area contributed by atoms with Gasteiger partial charge in [0.05, 0.1) is 28.5 Å². The fraction of sp³-hybridized carbons (Fsp3) is 0.444. The molecule has 2 N–H and O–H groups in total. The van der Waals surface area contributed by atoms with Crippen molar-refractivity contribution in [3.05, 3.63) is 34.5 Å². The molecule has 3 heterocycles. The molecule has 6 nitrogen and oxygen atoms in total. The van der Waals surface area contributed by atoms with Crippen molar-refractivity contribution in [2.75, 3.05) is 32.7 Å². The highest BCUT2D eigenvalue weighted by Gasteiger charge is 2.44. The first-order valence-corrected chi connectivity index (χ1v) is 9.40. The number of carbonyl (C=O) groups is 2. The topological polar surface area (TPSA) is 68.4 Å². The van der Waals surface area contributed by atoms with Crippen molar-refractivity contribution in [1.82, 2.24) is 20.1 Å². The number of aromatic amines is 1. The molecule has 0 radical (unpaired) electrons. The molecular weight excluding hydrogens is 416 g/mol. The van der Waals surface area contributed by atoms with Gasteiger partial charge in [-0.1, -0.05) is 11.6 Å². The zero-order valence-corrected chi connectivity index (χ0v) is 15.8. The highest BCUT2D eigenvalue weighted by Crippen LogP contribution is 2.31. The van der Waals surface area contributed by atoms with Crippen LogP contribution < -0.4 is 5.32 Å². The van der Waals surface area contributed by atoms with Gasteiger partial charge in [-0.25, -0.2) is 17.6 Å². The minimum Gasteiger partial charge on any atom is -0.348 e. The summed E-state index contributed by atoms with van der Waals surface area (Å²) in [4.78, 5) is 30.5. The van der Waals surface area contributed by atoms with E-state index in [4.69, 9.17) is 11.6 Å². The maximum atomic E-state index is 14.7. The van der Waals surface area contributed by atoms with Crippen molar-refractivity contribution in [1.29, 1.82) is 0 Å². The number of nitrogens with one attached hydrogen (secondary N) is 2. The van der Waals surface area contributed by atoms with E-state index < -0.39 is 53.4 Å². The highest BCUT2D eigenvalue weighted by molar-refractivity contribution is 6.35. The Kier molecular flexibility index (Phi) is 4.94. The van der Waals surface area contributed by atoms with Gasteiger partial charge in [0.2, 0.25) is 5.91 Å². The summed E-state index contributed by atoms with van der Waals surface area (Å²) in [6.07, 6.45) is -0.553. The fourth-order valence-corrected chi connectivity index (χ4v) is 3.98. The highest BCUT2D eigenvalue weighted by atomic mass is 35.5. The smallest absolute Gasteiger partial charge is 0.273 e. The van der Waals surface area contributed by atoms with E-state index >= 15 is 0 Å². The molecule has 1 aromatic heterocycles. The Morgan fingerprint density at radius 1 is 1.10 bits per heavy atom. The second-order valence-electron chi connectivity index (χ2n) is 7.21. The molecule has 2 fully saturated rings. The number of carbonyl (C=O) groups excluding carboxylic acids is 2. The average molecular weight is 433 g/mol. The van der Waals surface area contributed by atoms with E-state index in [0.717, 1.165) is 6.07 Å². The minimum absolute atomic E-state index is 0.116. The molecule has 11 heteroatoms. The molecule has 29 heavy (non-hydrogen) atoms. The summed E-state index contributed by atoms with van der Waals surface area (Å²) in [5.74, 6) is -5.73. The lowest BCUT2D eigenvalue weighted by Gasteiger charge is -2.35. The number of aromatic nitrogens is 1. The molecule has 2 amide bonds. The third kappa shape index (κ3) is 3.55. The van der Waals surface area contributed by atoms with Crippen LogP contribution in [0.5, 0.6) is 0 Å². The Bertz CT molecular complexity index is 988. The lowest BCUT2D eigenvalue weighted by Crippen LogP contribution is -2.54. The van der Waals surface area contributed by atoms with Gasteiger partial charge < -0.3 is 14.8 Å². The van der Waals surface area contributed by atoms with Crippen molar-refractivity contribution < 1.29 is 27.2 Å². The lowest BCUT2D eigenvalue weighted by molar-refractivity contribution is -0.135. The zero-order chi connectivity index (χ0) is 20.9. The maximum absolute atomic E-state index is 14.7. The predicted molar refractivity (Wildman–Crippen MR) is 97.1 cm³/mol. The SMILES string of the molecule is O=C(c1[nH]c2ccc(F)c(Cl)c2c1F)N1CCN(C(=O)[C@H]2CC(F)(F)CN2)CC1. The molecule has 156 valence electrons. The van der Waals surface area contributed by atoms with Crippen LogP contribution >= 0.6 is 11.6 Å². The molecule has 0 spiro atoms. The molecule has 2 aliphatic heterocycles. The molecule has 2 saturated heterocycles.